The first kappa shape index (κ1) is 13.9. The summed E-state index contributed by atoms with van der Waals surface area (Å²) in [5.41, 5.74) is 0. The molecule has 0 aromatic rings. The Morgan fingerprint density at radius 1 is 1.19 bits per heavy atom. The van der Waals surface area contributed by atoms with Crippen LogP contribution in [0.1, 0.15) is 45.4 Å². The molecule has 0 aliphatic carbocycles. The van der Waals surface area contributed by atoms with Crippen LogP contribution >= 0.6 is 0 Å². The maximum atomic E-state index is 8.68. The normalized spacial score (nSPS) is 19.1. The molecule has 0 radical (unpaired) electrons. The van der Waals surface area contributed by atoms with Crippen LogP contribution in [0.4, 0.5) is 0 Å². The first-order valence-electron chi connectivity index (χ1n) is 6.81. The Morgan fingerprint density at radius 2 is 1.94 bits per heavy atom. The van der Waals surface area contributed by atoms with Crippen LogP contribution in [0.2, 0.25) is 0 Å². The highest BCUT2D eigenvalue weighted by molar-refractivity contribution is 4.72. The summed E-state index contributed by atoms with van der Waals surface area (Å²) in [6.07, 6.45) is 8.06. The number of likely N-dealkylation sites (tertiary alicyclic amines) is 1. The number of unbranched alkanes of at least 4 members (excludes halogenated alkanes) is 3. The molecule has 1 heterocycles. The van der Waals surface area contributed by atoms with Gasteiger partial charge in [0.2, 0.25) is 0 Å². The van der Waals surface area contributed by atoms with Gasteiger partial charge in [0.1, 0.15) is 0 Å². The molecule has 1 aliphatic rings. The molecule has 1 N–H and O–H groups in total. The van der Waals surface area contributed by atoms with Crippen LogP contribution in [0, 0.1) is 0 Å². The number of aliphatic hydroxyl groups is 1. The van der Waals surface area contributed by atoms with Crippen molar-refractivity contribution in [3.8, 4) is 0 Å². The number of piperidine rings is 1. The van der Waals surface area contributed by atoms with Crippen molar-refractivity contribution in [1.29, 1.82) is 0 Å². The second kappa shape index (κ2) is 8.97. The Labute approximate surface area is 99.8 Å². The molecular formula is C13H27NO2. The topological polar surface area (TPSA) is 32.7 Å². The lowest BCUT2D eigenvalue weighted by atomic mass is 10.1. The van der Waals surface area contributed by atoms with Crippen molar-refractivity contribution >= 4 is 0 Å². The van der Waals surface area contributed by atoms with Gasteiger partial charge < -0.3 is 14.7 Å². The predicted octanol–water partition coefficient (Wildman–Crippen LogP) is 2.04. The highest BCUT2D eigenvalue weighted by Crippen LogP contribution is 2.14. The Bertz CT molecular complexity index is 156. The largest absolute Gasteiger partial charge is 0.394 e. The Balaban J connectivity index is 1.98. The lowest BCUT2D eigenvalue weighted by molar-refractivity contribution is -0.00787. The third-order valence-electron chi connectivity index (χ3n) is 3.31. The van der Waals surface area contributed by atoms with Crippen molar-refractivity contribution in [3.05, 3.63) is 0 Å². The predicted molar refractivity (Wildman–Crippen MR) is 66.6 cm³/mol. The summed E-state index contributed by atoms with van der Waals surface area (Å²) < 4.78 is 5.55. The SMILES string of the molecule is CCCCCCN1CCC(OCCO)CC1. The van der Waals surface area contributed by atoms with E-state index in [-0.39, 0.29) is 6.61 Å². The van der Waals surface area contributed by atoms with Crippen molar-refractivity contribution in [2.75, 3.05) is 32.8 Å². The zero-order valence-corrected chi connectivity index (χ0v) is 10.7. The van der Waals surface area contributed by atoms with Crippen LogP contribution in [-0.4, -0.2) is 49.0 Å². The van der Waals surface area contributed by atoms with E-state index in [0.717, 1.165) is 12.8 Å². The van der Waals surface area contributed by atoms with Crippen LogP contribution in [0.25, 0.3) is 0 Å². The van der Waals surface area contributed by atoms with Crippen LogP contribution < -0.4 is 0 Å². The highest BCUT2D eigenvalue weighted by Gasteiger charge is 2.18. The molecule has 0 aromatic carbocycles. The smallest absolute Gasteiger partial charge is 0.0701 e. The first-order valence-corrected chi connectivity index (χ1v) is 6.81. The summed E-state index contributed by atoms with van der Waals surface area (Å²) in [6.45, 7) is 6.50. The van der Waals surface area contributed by atoms with E-state index < -0.39 is 0 Å². The summed E-state index contributed by atoms with van der Waals surface area (Å²) in [5.74, 6) is 0. The van der Waals surface area contributed by atoms with Gasteiger partial charge in [0.15, 0.2) is 0 Å². The molecular weight excluding hydrogens is 202 g/mol. The van der Waals surface area contributed by atoms with Gasteiger partial charge in [-0.15, -0.1) is 0 Å². The minimum absolute atomic E-state index is 0.150. The summed E-state index contributed by atoms with van der Waals surface area (Å²) in [6, 6.07) is 0. The zero-order chi connectivity index (χ0) is 11.6. The van der Waals surface area contributed by atoms with Gasteiger partial charge in [-0.3, -0.25) is 0 Å². The summed E-state index contributed by atoms with van der Waals surface area (Å²) in [5, 5.41) is 8.68. The highest BCUT2D eigenvalue weighted by atomic mass is 16.5. The van der Waals surface area contributed by atoms with Crippen molar-refractivity contribution in [3.63, 3.8) is 0 Å². The van der Waals surface area contributed by atoms with Crippen LogP contribution in [-0.2, 0) is 4.74 Å². The maximum absolute atomic E-state index is 8.68. The Kier molecular flexibility index (Phi) is 7.81. The number of hydrogen-bond acceptors (Lipinski definition) is 3. The van der Waals surface area contributed by atoms with Gasteiger partial charge >= 0.3 is 0 Å². The minimum atomic E-state index is 0.150. The molecule has 0 spiro atoms. The number of hydrogen-bond donors (Lipinski definition) is 1. The molecule has 3 heteroatoms. The van der Waals surface area contributed by atoms with E-state index in [0.29, 0.717) is 12.7 Å². The van der Waals surface area contributed by atoms with Gasteiger partial charge in [0, 0.05) is 13.1 Å². The van der Waals surface area contributed by atoms with Gasteiger partial charge in [-0.1, -0.05) is 26.2 Å². The molecule has 3 nitrogen and oxygen atoms in total. The molecule has 96 valence electrons. The quantitative estimate of drug-likeness (QED) is 0.647. The van der Waals surface area contributed by atoms with E-state index in [1.807, 2.05) is 0 Å². The maximum Gasteiger partial charge on any atom is 0.0701 e. The molecule has 0 atom stereocenters. The molecule has 1 fully saturated rings. The van der Waals surface area contributed by atoms with E-state index in [9.17, 15) is 0 Å². The summed E-state index contributed by atoms with van der Waals surface area (Å²) in [4.78, 5) is 2.55. The molecule has 16 heavy (non-hydrogen) atoms. The van der Waals surface area contributed by atoms with Crippen molar-refractivity contribution in [2.24, 2.45) is 0 Å². The molecule has 0 bridgehead atoms. The third-order valence-corrected chi connectivity index (χ3v) is 3.31. The molecule has 1 rings (SSSR count). The average molecular weight is 229 g/mol. The molecule has 0 aromatic heterocycles. The Morgan fingerprint density at radius 3 is 2.56 bits per heavy atom. The van der Waals surface area contributed by atoms with Gasteiger partial charge in [0.25, 0.3) is 0 Å². The number of ether oxygens (including phenoxy) is 1. The van der Waals surface area contributed by atoms with Crippen molar-refractivity contribution < 1.29 is 9.84 Å². The summed E-state index contributed by atoms with van der Waals surface area (Å²) in [7, 11) is 0. The monoisotopic (exact) mass is 229 g/mol. The van der Waals surface area contributed by atoms with Gasteiger partial charge in [-0.2, -0.15) is 0 Å². The fourth-order valence-electron chi connectivity index (χ4n) is 2.28. The van der Waals surface area contributed by atoms with Gasteiger partial charge in [-0.25, -0.2) is 0 Å². The van der Waals surface area contributed by atoms with Gasteiger partial charge in [0.05, 0.1) is 19.3 Å². The first-order chi connectivity index (χ1) is 7.86. The summed E-state index contributed by atoms with van der Waals surface area (Å²) >= 11 is 0. The fraction of sp³-hybridized carbons (Fsp3) is 1.00. The lowest BCUT2D eigenvalue weighted by Crippen LogP contribution is -2.37. The second-order valence-corrected chi connectivity index (χ2v) is 4.70. The van der Waals surface area contributed by atoms with E-state index in [4.69, 9.17) is 9.84 Å². The van der Waals surface area contributed by atoms with Crippen LogP contribution in [0.3, 0.4) is 0 Å². The number of rotatable bonds is 8. The number of aliphatic hydroxyl groups excluding tert-OH is 1. The average Bonchev–Trinajstić information content (AvgIpc) is 2.33. The molecule has 0 amide bonds. The second-order valence-electron chi connectivity index (χ2n) is 4.70. The molecule has 1 aliphatic heterocycles. The third kappa shape index (κ3) is 5.83. The van der Waals surface area contributed by atoms with Crippen molar-refractivity contribution in [2.45, 2.75) is 51.6 Å². The van der Waals surface area contributed by atoms with Crippen LogP contribution in [0.5, 0.6) is 0 Å². The number of nitrogens with zero attached hydrogens (tertiary/aromatic N) is 1. The van der Waals surface area contributed by atoms with E-state index in [1.165, 1.54) is 45.3 Å². The zero-order valence-electron chi connectivity index (χ0n) is 10.7. The van der Waals surface area contributed by atoms with E-state index in [2.05, 4.69) is 11.8 Å². The van der Waals surface area contributed by atoms with Gasteiger partial charge in [-0.05, 0) is 25.8 Å². The minimum Gasteiger partial charge on any atom is -0.394 e. The van der Waals surface area contributed by atoms with Crippen LogP contribution in [0.15, 0.2) is 0 Å². The molecule has 1 saturated heterocycles. The van der Waals surface area contributed by atoms with E-state index in [1.54, 1.807) is 0 Å². The standard InChI is InChI=1S/C13H27NO2/c1-2-3-4-5-8-14-9-6-13(7-10-14)16-12-11-15/h13,15H,2-12H2,1H3. The van der Waals surface area contributed by atoms with E-state index >= 15 is 0 Å². The fourth-order valence-corrected chi connectivity index (χ4v) is 2.28. The van der Waals surface area contributed by atoms with Crippen molar-refractivity contribution in [1.82, 2.24) is 4.90 Å². The molecule has 0 unspecified atom stereocenters. The molecule has 0 saturated carbocycles. The lowest BCUT2D eigenvalue weighted by Gasteiger charge is -2.31. The Hall–Kier alpha value is -0.120.